The summed E-state index contributed by atoms with van der Waals surface area (Å²) in [5.41, 5.74) is 7.21. The minimum absolute atomic E-state index is 0.0585. The molecule has 2 atom stereocenters. The van der Waals surface area contributed by atoms with E-state index in [1.807, 2.05) is 36.4 Å². The number of phenolic OH excluding ortho intramolecular Hbond substituents is 1. The van der Waals surface area contributed by atoms with Gasteiger partial charge in [-0.05, 0) is 85.4 Å². The summed E-state index contributed by atoms with van der Waals surface area (Å²) in [6, 6.07) is 27.3. The third-order valence-corrected chi connectivity index (χ3v) is 10.8. The summed E-state index contributed by atoms with van der Waals surface area (Å²) in [4.78, 5) is 19.3. The zero-order chi connectivity index (χ0) is 41.1. The van der Waals surface area contributed by atoms with Crippen molar-refractivity contribution in [3.05, 3.63) is 125 Å². The van der Waals surface area contributed by atoms with Gasteiger partial charge < -0.3 is 49.5 Å². The van der Waals surface area contributed by atoms with Crippen molar-refractivity contribution < 1.29 is 39.1 Å². The molecule has 0 aliphatic carbocycles. The number of hydrogen-bond donors (Lipinski definition) is 4. The number of nitrogens with zero attached hydrogens (tertiary/aromatic N) is 2. The van der Waals surface area contributed by atoms with Crippen LogP contribution in [-0.2, 0) is 19.3 Å². The van der Waals surface area contributed by atoms with E-state index in [1.54, 1.807) is 30.3 Å². The van der Waals surface area contributed by atoms with Crippen molar-refractivity contribution in [2.24, 2.45) is 0 Å². The van der Waals surface area contributed by atoms with Gasteiger partial charge in [-0.1, -0.05) is 103 Å². The Labute approximate surface area is 346 Å². The van der Waals surface area contributed by atoms with Crippen molar-refractivity contribution in [1.29, 1.82) is 0 Å². The standard InChI is InChI=1S/C48H54N3O8/c1-3-36-30-40(48(50-36)51-24-22-49-23-25-51)35-12-7-11-33(29-35)14-20-39-44-43(41(55)31-42(59-44)34-15-18-37(53)19-16-34)46(47(56-2)45(39)57-27-8-26-52)58-28-21-38(54)17-13-32-9-5-4-6-10-32/h4-7,9-13,15-19,29-30,38,42,49,52-54H,3,8,14,20-28,31H2,1-2H3/q-1/p+1. The molecular weight excluding hydrogens is 747 g/mol. The van der Waals surface area contributed by atoms with Crippen LogP contribution in [0.25, 0.3) is 17.2 Å². The number of aliphatic hydroxyl groups excluding tert-OH is 2. The van der Waals surface area contributed by atoms with Crippen molar-refractivity contribution in [3.8, 4) is 39.9 Å². The predicted octanol–water partition coefficient (Wildman–Crippen LogP) is 6.80. The number of benzene rings is 4. The number of hydrogen-bond acceptors (Lipinski definition) is 9. The molecule has 0 saturated carbocycles. The molecule has 5 N–H and O–H groups in total. The first-order valence-electron chi connectivity index (χ1n) is 20.6. The van der Waals surface area contributed by atoms with Gasteiger partial charge in [0.15, 0.2) is 17.1 Å². The molecular formula is C48H55N3O8. The number of carbonyl (C=O) groups excluding carboxylic acids is 1. The summed E-state index contributed by atoms with van der Waals surface area (Å²) in [5, 5.41) is 34.0. The lowest BCUT2D eigenvalue weighted by Gasteiger charge is -2.37. The number of fused-ring (bicyclic) bond motifs is 1. The highest BCUT2D eigenvalue weighted by Gasteiger charge is 2.41. The quantitative estimate of drug-likeness (QED) is 0.0551. The third kappa shape index (κ3) is 9.93. The zero-order valence-corrected chi connectivity index (χ0v) is 33.9. The largest absolute Gasteiger partial charge is 0.508 e. The number of piperazine rings is 1. The Hall–Kier alpha value is -5.75. The first-order valence-corrected chi connectivity index (χ1v) is 20.6. The Morgan fingerprint density at radius 1 is 0.949 bits per heavy atom. The van der Waals surface area contributed by atoms with Crippen LogP contribution in [0, 0.1) is 0 Å². The molecule has 2 aliphatic rings. The predicted molar refractivity (Wildman–Crippen MR) is 231 cm³/mol. The molecule has 0 amide bonds. The fourth-order valence-electron chi connectivity index (χ4n) is 7.68. The summed E-state index contributed by atoms with van der Waals surface area (Å²) in [6.07, 6.45) is 4.96. The normalized spacial score (nSPS) is 15.8. The Bertz CT molecular complexity index is 2190. The second-order valence-electron chi connectivity index (χ2n) is 14.9. The summed E-state index contributed by atoms with van der Waals surface area (Å²) < 4.78 is 25.8. The number of aromatic hydroxyl groups is 1. The maximum Gasteiger partial charge on any atom is 0.335 e. The Morgan fingerprint density at radius 3 is 2.47 bits per heavy atom. The van der Waals surface area contributed by atoms with Crippen molar-refractivity contribution in [1.82, 2.24) is 10.3 Å². The molecule has 1 fully saturated rings. The van der Waals surface area contributed by atoms with Gasteiger partial charge in [0, 0.05) is 25.0 Å². The van der Waals surface area contributed by atoms with Gasteiger partial charge in [0.05, 0.1) is 26.4 Å². The van der Waals surface area contributed by atoms with Gasteiger partial charge in [-0.3, -0.25) is 4.79 Å². The number of ether oxygens (including phenoxy) is 4. The van der Waals surface area contributed by atoms with E-state index < -0.39 is 12.2 Å². The molecule has 7 rings (SSSR count). The van der Waals surface area contributed by atoms with Crippen LogP contribution in [0.2, 0.25) is 0 Å². The average Bonchev–Trinajstić information content (AvgIpc) is 3.71. The number of phenols is 1. The fraction of sp³-hybridized carbons (Fsp3) is 0.354. The summed E-state index contributed by atoms with van der Waals surface area (Å²) >= 11 is 0. The Balaban J connectivity index is 1.24. The smallest absolute Gasteiger partial charge is 0.335 e. The highest BCUT2D eigenvalue weighted by atomic mass is 16.5. The fourth-order valence-corrected chi connectivity index (χ4v) is 7.68. The van der Waals surface area contributed by atoms with Crippen molar-refractivity contribution in [2.45, 2.75) is 57.7 Å². The van der Waals surface area contributed by atoms with Crippen LogP contribution in [0.3, 0.4) is 0 Å². The van der Waals surface area contributed by atoms with Crippen LogP contribution in [-0.4, -0.2) is 85.1 Å². The van der Waals surface area contributed by atoms with E-state index in [0.717, 1.165) is 71.9 Å². The van der Waals surface area contributed by atoms with Crippen LogP contribution < -0.4 is 34.1 Å². The van der Waals surface area contributed by atoms with E-state index in [-0.39, 0.29) is 49.9 Å². The molecule has 3 heterocycles. The lowest BCUT2D eigenvalue weighted by Crippen LogP contribution is -2.44. The Morgan fingerprint density at radius 2 is 1.73 bits per heavy atom. The lowest BCUT2D eigenvalue weighted by atomic mass is 9.90. The minimum atomic E-state index is -0.786. The second-order valence-corrected chi connectivity index (χ2v) is 14.9. The highest BCUT2D eigenvalue weighted by Crippen LogP contribution is 2.53. The van der Waals surface area contributed by atoms with E-state index in [1.165, 1.54) is 7.11 Å². The molecule has 0 radical (unpaired) electrons. The number of aliphatic hydroxyl groups is 2. The van der Waals surface area contributed by atoms with Gasteiger partial charge >= 0.3 is 5.78 Å². The number of ketones is 1. The number of rotatable bonds is 18. The lowest BCUT2D eigenvalue weighted by molar-refractivity contribution is 0.170. The van der Waals surface area contributed by atoms with Gasteiger partial charge in [0.2, 0.25) is 5.75 Å². The van der Waals surface area contributed by atoms with Gasteiger partial charge in [-0.15, -0.1) is 0 Å². The number of anilines is 1. The van der Waals surface area contributed by atoms with E-state index in [0.29, 0.717) is 47.6 Å². The third-order valence-electron chi connectivity index (χ3n) is 10.8. The highest BCUT2D eigenvalue weighted by molar-refractivity contribution is 6.05. The zero-order valence-electron chi connectivity index (χ0n) is 33.9. The first kappa shape index (κ1) is 41.4. The van der Waals surface area contributed by atoms with Gasteiger partial charge in [-0.25, -0.2) is 0 Å². The number of aryl methyl sites for hydroxylation is 2. The van der Waals surface area contributed by atoms with E-state index >= 15 is 0 Å². The average molecular weight is 802 g/mol. The monoisotopic (exact) mass is 801 g/mol. The molecule has 0 bridgehead atoms. The number of methoxy groups -OCH3 is 1. The van der Waals surface area contributed by atoms with Crippen LogP contribution in [0.5, 0.6) is 28.7 Å². The maximum atomic E-state index is 11.9. The molecule has 310 valence electrons. The Kier molecular flexibility index (Phi) is 13.9. The minimum Gasteiger partial charge on any atom is -0.508 e. The maximum absolute atomic E-state index is 11.9. The van der Waals surface area contributed by atoms with E-state index in [2.05, 4.69) is 47.5 Å². The number of aromatic nitrogens is 1. The molecule has 11 heteroatoms. The second kappa shape index (κ2) is 19.8. The molecule has 59 heavy (non-hydrogen) atoms. The van der Waals surface area contributed by atoms with Crippen molar-refractivity contribution in [3.63, 3.8) is 0 Å². The van der Waals surface area contributed by atoms with Crippen molar-refractivity contribution >= 4 is 17.7 Å². The van der Waals surface area contributed by atoms with Gasteiger partial charge in [-0.2, -0.15) is 0 Å². The summed E-state index contributed by atoms with van der Waals surface area (Å²) in [7, 11) is 1.53. The summed E-state index contributed by atoms with van der Waals surface area (Å²) in [5.74, 6) is 2.58. The molecule has 4 aromatic carbocycles. The molecule has 1 aromatic heterocycles. The van der Waals surface area contributed by atoms with Crippen LogP contribution in [0.4, 0.5) is 5.82 Å². The molecule has 1 saturated heterocycles. The van der Waals surface area contributed by atoms with E-state index in [9.17, 15) is 20.1 Å². The molecule has 11 nitrogen and oxygen atoms in total. The van der Waals surface area contributed by atoms with Crippen molar-refractivity contribution in [2.75, 3.05) is 58.0 Å². The molecule has 5 aromatic rings. The first-order chi connectivity index (χ1) is 28.9. The molecule has 2 aliphatic heterocycles. The topological polar surface area (TPSA) is 148 Å². The van der Waals surface area contributed by atoms with Crippen LogP contribution in [0.1, 0.15) is 65.8 Å². The van der Waals surface area contributed by atoms with E-state index in [4.69, 9.17) is 23.9 Å². The van der Waals surface area contributed by atoms with Gasteiger partial charge in [0.25, 0.3) is 0 Å². The summed E-state index contributed by atoms with van der Waals surface area (Å²) in [6.45, 7) is 6.02. The molecule has 0 spiro atoms. The van der Waals surface area contributed by atoms with Crippen LogP contribution >= 0.6 is 0 Å². The van der Waals surface area contributed by atoms with Crippen LogP contribution in [0.15, 0.2) is 91.0 Å². The molecule has 2 unspecified atom stereocenters. The SMILES string of the molecule is CCc1cc(-c2cccc(CCc3c(OCCCO)c(OC)c(OCCC(O)C=Cc4ccccc4)c4c3OC(c3ccc(O)cc3)CC4=[OH+])c2)c(N2CCNCC2)[n-]1. The van der Waals surface area contributed by atoms with Gasteiger partial charge in [0.1, 0.15) is 24.0 Å². The number of nitrogens with one attached hydrogen (secondary N) is 1.